The van der Waals surface area contributed by atoms with Gasteiger partial charge in [-0.05, 0) is 31.5 Å². The van der Waals surface area contributed by atoms with Gasteiger partial charge in [0.05, 0.1) is 5.56 Å². The van der Waals surface area contributed by atoms with Crippen LogP contribution in [-0.4, -0.2) is 29.4 Å². The van der Waals surface area contributed by atoms with Crippen LogP contribution < -0.4 is 5.73 Å². The van der Waals surface area contributed by atoms with Crippen LogP contribution in [0.15, 0.2) is 18.2 Å². The van der Waals surface area contributed by atoms with E-state index in [1.165, 1.54) is 18.2 Å². The second-order valence-corrected chi connectivity index (χ2v) is 4.75. The van der Waals surface area contributed by atoms with E-state index in [9.17, 15) is 9.18 Å². The lowest BCUT2D eigenvalue weighted by Crippen LogP contribution is -2.40. The average Bonchev–Trinajstić information content (AvgIpc) is 2.62. The molecule has 0 bridgehead atoms. The Morgan fingerprint density at radius 2 is 2.29 bits per heavy atom. The summed E-state index contributed by atoms with van der Waals surface area (Å²) in [5.74, 6) is -0.891. The zero-order chi connectivity index (χ0) is 12.6. The summed E-state index contributed by atoms with van der Waals surface area (Å²) in [5.41, 5.74) is 5.85. The van der Waals surface area contributed by atoms with Gasteiger partial charge in [0, 0.05) is 23.7 Å². The molecule has 17 heavy (non-hydrogen) atoms. The molecule has 0 radical (unpaired) electrons. The zero-order valence-electron chi connectivity index (χ0n) is 9.49. The number of hydrogen-bond donors (Lipinski definition) is 1. The molecule has 92 valence electrons. The summed E-state index contributed by atoms with van der Waals surface area (Å²) in [6, 6.07) is 3.88. The van der Waals surface area contributed by atoms with Gasteiger partial charge in [0.2, 0.25) is 0 Å². The van der Waals surface area contributed by atoms with Gasteiger partial charge in [-0.1, -0.05) is 11.6 Å². The standard InChI is InChI=1S/C12H14ClFN2O/c1-7-11(15)4-5-16(7)12(17)9-6-8(13)2-3-10(9)14/h2-3,6-7,11H,4-5,15H2,1H3. The Morgan fingerprint density at radius 1 is 1.59 bits per heavy atom. The summed E-state index contributed by atoms with van der Waals surface area (Å²) < 4.78 is 13.6. The number of amides is 1. The minimum absolute atomic E-state index is 0.0125. The molecule has 1 fully saturated rings. The maximum atomic E-state index is 13.6. The molecule has 1 heterocycles. The van der Waals surface area contributed by atoms with Crippen LogP contribution in [0.4, 0.5) is 4.39 Å². The Bertz CT molecular complexity index is 452. The van der Waals surface area contributed by atoms with Gasteiger partial charge in [-0.2, -0.15) is 0 Å². The van der Waals surface area contributed by atoms with Crippen molar-refractivity contribution in [3.8, 4) is 0 Å². The number of carbonyl (C=O) groups is 1. The second-order valence-electron chi connectivity index (χ2n) is 4.32. The number of nitrogens with two attached hydrogens (primary N) is 1. The van der Waals surface area contributed by atoms with E-state index in [2.05, 4.69) is 0 Å². The van der Waals surface area contributed by atoms with Crippen LogP contribution in [0.1, 0.15) is 23.7 Å². The molecule has 1 amide bonds. The lowest BCUT2D eigenvalue weighted by Gasteiger charge is -2.23. The highest BCUT2D eigenvalue weighted by Crippen LogP contribution is 2.22. The van der Waals surface area contributed by atoms with Crippen molar-refractivity contribution in [3.05, 3.63) is 34.6 Å². The van der Waals surface area contributed by atoms with Crippen LogP contribution >= 0.6 is 11.6 Å². The number of benzene rings is 1. The number of rotatable bonds is 1. The predicted octanol–water partition coefficient (Wildman–Crippen LogP) is 2.04. The van der Waals surface area contributed by atoms with E-state index in [1.807, 2.05) is 6.92 Å². The Labute approximate surface area is 104 Å². The number of likely N-dealkylation sites (tertiary alicyclic amines) is 1. The molecule has 0 spiro atoms. The first-order valence-corrected chi connectivity index (χ1v) is 5.90. The van der Waals surface area contributed by atoms with Crippen molar-refractivity contribution < 1.29 is 9.18 Å². The van der Waals surface area contributed by atoms with E-state index >= 15 is 0 Å². The molecule has 2 rings (SSSR count). The lowest BCUT2D eigenvalue weighted by molar-refractivity contribution is 0.0738. The van der Waals surface area contributed by atoms with Crippen molar-refractivity contribution in [2.75, 3.05) is 6.54 Å². The predicted molar refractivity (Wildman–Crippen MR) is 64.5 cm³/mol. The quantitative estimate of drug-likeness (QED) is 0.836. The third-order valence-corrected chi connectivity index (χ3v) is 3.47. The molecule has 2 unspecified atom stereocenters. The molecule has 0 aromatic heterocycles. The lowest BCUT2D eigenvalue weighted by atomic mass is 10.1. The third-order valence-electron chi connectivity index (χ3n) is 3.23. The van der Waals surface area contributed by atoms with Crippen LogP contribution in [0.2, 0.25) is 5.02 Å². The fourth-order valence-corrected chi connectivity index (χ4v) is 2.24. The first-order chi connectivity index (χ1) is 8.00. The van der Waals surface area contributed by atoms with E-state index < -0.39 is 5.82 Å². The van der Waals surface area contributed by atoms with Crippen molar-refractivity contribution in [3.63, 3.8) is 0 Å². The van der Waals surface area contributed by atoms with Crippen LogP contribution in [0.5, 0.6) is 0 Å². The van der Waals surface area contributed by atoms with E-state index in [0.29, 0.717) is 11.6 Å². The SMILES string of the molecule is CC1C(N)CCN1C(=O)c1cc(Cl)ccc1F. The van der Waals surface area contributed by atoms with Crippen LogP contribution in [0.3, 0.4) is 0 Å². The summed E-state index contributed by atoms with van der Waals surface area (Å²) in [7, 11) is 0. The number of nitrogens with zero attached hydrogens (tertiary/aromatic N) is 1. The maximum absolute atomic E-state index is 13.6. The number of carbonyl (C=O) groups excluding carboxylic acids is 1. The van der Waals surface area contributed by atoms with Gasteiger partial charge >= 0.3 is 0 Å². The smallest absolute Gasteiger partial charge is 0.257 e. The molecule has 2 atom stereocenters. The van der Waals surface area contributed by atoms with E-state index in [1.54, 1.807) is 4.90 Å². The van der Waals surface area contributed by atoms with Gasteiger partial charge in [0.15, 0.2) is 0 Å². The summed E-state index contributed by atoms with van der Waals surface area (Å²) in [6.45, 7) is 2.44. The highest BCUT2D eigenvalue weighted by atomic mass is 35.5. The summed E-state index contributed by atoms with van der Waals surface area (Å²) in [6.07, 6.45) is 0.745. The van der Waals surface area contributed by atoms with Crippen molar-refractivity contribution >= 4 is 17.5 Å². The van der Waals surface area contributed by atoms with E-state index in [4.69, 9.17) is 17.3 Å². The molecule has 3 nitrogen and oxygen atoms in total. The number of halogens is 2. The summed E-state index contributed by atoms with van der Waals surface area (Å²) in [4.78, 5) is 13.7. The van der Waals surface area contributed by atoms with Crippen LogP contribution in [0, 0.1) is 5.82 Å². The Hall–Kier alpha value is -1.13. The Morgan fingerprint density at radius 3 is 2.88 bits per heavy atom. The normalized spacial score (nSPS) is 24.1. The largest absolute Gasteiger partial charge is 0.334 e. The van der Waals surface area contributed by atoms with Crippen molar-refractivity contribution in [2.45, 2.75) is 25.4 Å². The van der Waals surface area contributed by atoms with E-state index in [-0.39, 0.29) is 23.6 Å². The molecular weight excluding hydrogens is 243 g/mol. The summed E-state index contributed by atoms with van der Waals surface area (Å²) in [5, 5.41) is 0.353. The second kappa shape index (κ2) is 4.63. The first kappa shape index (κ1) is 12.3. The monoisotopic (exact) mass is 256 g/mol. The van der Waals surface area contributed by atoms with Gasteiger partial charge < -0.3 is 10.6 Å². The van der Waals surface area contributed by atoms with Crippen molar-refractivity contribution in [1.29, 1.82) is 0 Å². The molecule has 1 aliphatic heterocycles. The fourth-order valence-electron chi connectivity index (χ4n) is 2.07. The molecule has 1 saturated heterocycles. The number of hydrogen-bond acceptors (Lipinski definition) is 2. The molecule has 1 aromatic rings. The van der Waals surface area contributed by atoms with Gasteiger partial charge in [-0.25, -0.2) is 4.39 Å². The average molecular weight is 257 g/mol. The van der Waals surface area contributed by atoms with Gasteiger partial charge in [0.25, 0.3) is 5.91 Å². The molecule has 0 saturated carbocycles. The molecule has 5 heteroatoms. The zero-order valence-corrected chi connectivity index (χ0v) is 10.2. The third kappa shape index (κ3) is 2.28. The van der Waals surface area contributed by atoms with Gasteiger partial charge in [0.1, 0.15) is 5.82 Å². The molecular formula is C12H14ClFN2O. The fraction of sp³-hybridized carbons (Fsp3) is 0.417. The molecule has 2 N–H and O–H groups in total. The van der Waals surface area contributed by atoms with Crippen molar-refractivity contribution in [2.24, 2.45) is 5.73 Å². The van der Waals surface area contributed by atoms with E-state index in [0.717, 1.165) is 6.42 Å². The highest BCUT2D eigenvalue weighted by Gasteiger charge is 2.32. The minimum Gasteiger partial charge on any atom is -0.334 e. The Kier molecular flexibility index (Phi) is 3.35. The highest BCUT2D eigenvalue weighted by molar-refractivity contribution is 6.31. The first-order valence-electron chi connectivity index (χ1n) is 5.52. The summed E-state index contributed by atoms with van der Waals surface area (Å²) >= 11 is 5.77. The van der Waals surface area contributed by atoms with Gasteiger partial charge in [-0.3, -0.25) is 4.79 Å². The maximum Gasteiger partial charge on any atom is 0.257 e. The van der Waals surface area contributed by atoms with Crippen molar-refractivity contribution in [1.82, 2.24) is 4.90 Å². The molecule has 1 aromatic carbocycles. The van der Waals surface area contributed by atoms with Crippen LogP contribution in [-0.2, 0) is 0 Å². The minimum atomic E-state index is -0.549. The molecule has 0 aliphatic carbocycles. The van der Waals surface area contributed by atoms with Gasteiger partial charge in [-0.15, -0.1) is 0 Å². The van der Waals surface area contributed by atoms with Crippen LogP contribution in [0.25, 0.3) is 0 Å². The molecule has 1 aliphatic rings. The topological polar surface area (TPSA) is 46.3 Å². The Balaban J connectivity index is 2.28.